The van der Waals surface area contributed by atoms with Gasteiger partial charge in [-0.25, -0.2) is 4.39 Å². The molecule has 6 heteroatoms. The number of hydrogen-bond donors (Lipinski definition) is 1. The first kappa shape index (κ1) is 26.6. The van der Waals surface area contributed by atoms with Crippen molar-refractivity contribution in [3.05, 3.63) is 128 Å². The quantitative estimate of drug-likeness (QED) is 0.124. The van der Waals surface area contributed by atoms with E-state index in [1.54, 1.807) is 25.3 Å². The lowest BCUT2D eigenvalue weighted by Crippen LogP contribution is -2.29. The number of benzene rings is 4. The molecule has 0 bridgehead atoms. The Bertz CT molecular complexity index is 1600. The van der Waals surface area contributed by atoms with E-state index in [1.807, 2.05) is 18.3 Å². The van der Waals surface area contributed by atoms with Crippen LogP contribution < -0.4 is 14.8 Å². The first-order valence-corrected chi connectivity index (χ1v) is 14.5. The largest absolute Gasteiger partial charge is 0.493 e. The molecular formula is C34H30FIN2O2. The average Bonchev–Trinajstić information content (AvgIpc) is 3.47. The van der Waals surface area contributed by atoms with E-state index in [1.165, 1.54) is 28.4 Å². The minimum absolute atomic E-state index is 0.123. The molecule has 4 aromatic carbocycles. The number of anilines is 1. The van der Waals surface area contributed by atoms with Gasteiger partial charge in [0.15, 0.2) is 11.5 Å². The molecule has 0 spiro atoms. The van der Waals surface area contributed by atoms with Crippen LogP contribution in [0.3, 0.4) is 0 Å². The summed E-state index contributed by atoms with van der Waals surface area (Å²) in [6.07, 6.45) is 7.61. The third-order valence-corrected chi connectivity index (χ3v) is 8.52. The molecule has 0 aromatic heterocycles. The number of methoxy groups -OCH3 is 1. The summed E-state index contributed by atoms with van der Waals surface area (Å²) in [4.78, 5) is 4.72. The van der Waals surface area contributed by atoms with Crippen LogP contribution in [0.2, 0.25) is 0 Å². The summed E-state index contributed by atoms with van der Waals surface area (Å²) in [6, 6.07) is 26.0. The van der Waals surface area contributed by atoms with E-state index in [9.17, 15) is 4.39 Å². The monoisotopic (exact) mass is 644 g/mol. The van der Waals surface area contributed by atoms with Crippen LogP contribution in [-0.2, 0) is 6.61 Å². The minimum Gasteiger partial charge on any atom is -0.493 e. The van der Waals surface area contributed by atoms with Crippen LogP contribution in [0.25, 0.3) is 0 Å². The second-order valence-electron chi connectivity index (χ2n) is 10.3. The zero-order valence-electron chi connectivity index (χ0n) is 22.4. The average molecular weight is 645 g/mol. The Kier molecular flexibility index (Phi) is 7.61. The highest BCUT2D eigenvalue weighted by molar-refractivity contribution is 14.1. The minimum atomic E-state index is -0.287. The normalized spacial score (nSPS) is 19.2. The fourth-order valence-corrected chi connectivity index (χ4v) is 6.46. The smallest absolute Gasteiger partial charge is 0.174 e. The summed E-state index contributed by atoms with van der Waals surface area (Å²) < 4.78 is 26.4. The number of halogens is 2. The molecule has 4 nitrogen and oxygen atoms in total. The van der Waals surface area contributed by atoms with Crippen LogP contribution in [0.1, 0.15) is 46.2 Å². The van der Waals surface area contributed by atoms with Crippen LogP contribution in [0.5, 0.6) is 11.5 Å². The fraction of sp³-hybridized carbons (Fsp3) is 0.206. The van der Waals surface area contributed by atoms with Crippen LogP contribution in [0, 0.1) is 22.2 Å². The Morgan fingerprint density at radius 2 is 1.88 bits per heavy atom. The van der Waals surface area contributed by atoms with Crippen LogP contribution in [0.4, 0.5) is 15.8 Å². The lowest BCUT2D eigenvalue weighted by atomic mass is 9.76. The Hall–Kier alpha value is -3.65. The van der Waals surface area contributed by atoms with Gasteiger partial charge in [-0.3, -0.25) is 4.99 Å². The van der Waals surface area contributed by atoms with Gasteiger partial charge in [0.25, 0.3) is 0 Å². The third-order valence-electron chi connectivity index (χ3n) is 7.71. The number of allylic oxidation sites excluding steroid dienone is 2. The molecule has 40 heavy (non-hydrogen) atoms. The zero-order chi connectivity index (χ0) is 27.6. The molecule has 1 aliphatic heterocycles. The molecule has 0 saturated carbocycles. The summed E-state index contributed by atoms with van der Waals surface area (Å²) in [5, 5.41) is 3.81. The summed E-state index contributed by atoms with van der Waals surface area (Å²) >= 11 is 2.21. The first-order valence-electron chi connectivity index (χ1n) is 13.4. The van der Waals surface area contributed by atoms with Crippen molar-refractivity contribution < 1.29 is 13.9 Å². The van der Waals surface area contributed by atoms with Crippen molar-refractivity contribution in [2.45, 2.75) is 31.9 Å². The number of ether oxygens (including phenoxy) is 2. The number of aliphatic imine (C=N–C) groups is 1. The van der Waals surface area contributed by atoms with E-state index in [-0.39, 0.29) is 18.5 Å². The first-order chi connectivity index (χ1) is 19.5. The van der Waals surface area contributed by atoms with Crippen molar-refractivity contribution >= 4 is 40.2 Å². The molecule has 0 radical (unpaired) electrons. The number of aryl methyl sites for hydroxylation is 1. The molecule has 2 aliphatic rings. The second kappa shape index (κ2) is 11.5. The van der Waals surface area contributed by atoms with Crippen molar-refractivity contribution in [2.24, 2.45) is 10.9 Å². The number of rotatable bonds is 7. The van der Waals surface area contributed by atoms with Gasteiger partial charge in [-0.15, -0.1) is 0 Å². The van der Waals surface area contributed by atoms with Gasteiger partial charge in [-0.1, -0.05) is 60.2 Å². The molecule has 0 unspecified atom stereocenters. The Balaban J connectivity index is 1.17. The van der Waals surface area contributed by atoms with Gasteiger partial charge in [-0.2, -0.15) is 0 Å². The van der Waals surface area contributed by atoms with Crippen molar-refractivity contribution in [1.29, 1.82) is 0 Å². The van der Waals surface area contributed by atoms with Gasteiger partial charge in [-0.05, 0) is 94.9 Å². The standard InChI is InChI=1S/C34H30FIN2O2/c1-21-10-15-31-28(16-21)26-7-5-8-27(26)33(38-31)23-11-13-25(14-12-23)37-19-22-17-30(36)34(32(18-22)39-2)40-20-24-6-3-4-9-29(24)35/h3-7,9-19,26-27,33,38H,8,20H2,1-2H3/t26-,27+,33-/m0/s1. The van der Waals surface area contributed by atoms with E-state index in [2.05, 4.69) is 89.4 Å². The van der Waals surface area contributed by atoms with Crippen LogP contribution in [0.15, 0.2) is 96.0 Å². The van der Waals surface area contributed by atoms with Crippen molar-refractivity contribution in [3.63, 3.8) is 0 Å². The number of fused-ring (bicyclic) bond motifs is 3. The lowest BCUT2D eigenvalue weighted by Gasteiger charge is -2.37. The van der Waals surface area contributed by atoms with E-state index >= 15 is 0 Å². The predicted octanol–water partition coefficient (Wildman–Crippen LogP) is 8.90. The fourth-order valence-electron chi connectivity index (χ4n) is 5.68. The Labute approximate surface area is 248 Å². The van der Waals surface area contributed by atoms with Gasteiger partial charge in [0.05, 0.1) is 22.4 Å². The summed E-state index contributed by atoms with van der Waals surface area (Å²) in [5.74, 6) is 1.85. The van der Waals surface area contributed by atoms with Gasteiger partial charge in [0, 0.05) is 23.4 Å². The number of nitrogens with one attached hydrogen (secondary N) is 1. The maximum Gasteiger partial charge on any atom is 0.174 e. The van der Waals surface area contributed by atoms with E-state index < -0.39 is 0 Å². The van der Waals surface area contributed by atoms with E-state index in [4.69, 9.17) is 14.5 Å². The number of nitrogens with zero attached hydrogens (tertiary/aromatic N) is 1. The lowest BCUT2D eigenvalue weighted by molar-refractivity contribution is 0.277. The van der Waals surface area contributed by atoms with Gasteiger partial charge in [0.2, 0.25) is 0 Å². The molecule has 3 atom stereocenters. The molecular weight excluding hydrogens is 614 g/mol. The molecule has 1 N–H and O–H groups in total. The Morgan fingerprint density at radius 3 is 2.67 bits per heavy atom. The molecule has 0 saturated heterocycles. The molecule has 1 aliphatic carbocycles. The van der Waals surface area contributed by atoms with Crippen molar-refractivity contribution in [3.8, 4) is 11.5 Å². The molecule has 6 rings (SSSR count). The SMILES string of the molecule is COc1cc(C=Nc2ccc([C@@H]3Nc4ccc(C)cc4[C@H]4C=CC[C@H]43)cc2)cc(I)c1OCc1ccccc1F. The summed E-state index contributed by atoms with van der Waals surface area (Å²) in [7, 11) is 1.60. The zero-order valence-corrected chi connectivity index (χ0v) is 24.6. The van der Waals surface area contributed by atoms with Crippen LogP contribution in [-0.4, -0.2) is 13.3 Å². The maximum absolute atomic E-state index is 14.0. The van der Waals surface area contributed by atoms with Crippen molar-refractivity contribution in [1.82, 2.24) is 0 Å². The molecule has 0 amide bonds. The molecule has 1 heterocycles. The van der Waals surface area contributed by atoms with Gasteiger partial charge >= 0.3 is 0 Å². The summed E-state index contributed by atoms with van der Waals surface area (Å²) in [5.41, 5.74) is 7.49. The predicted molar refractivity (Wildman–Crippen MR) is 168 cm³/mol. The maximum atomic E-state index is 14.0. The highest BCUT2D eigenvalue weighted by atomic mass is 127. The number of hydrogen-bond acceptors (Lipinski definition) is 4. The van der Waals surface area contributed by atoms with Crippen molar-refractivity contribution in [2.75, 3.05) is 12.4 Å². The van der Waals surface area contributed by atoms with Crippen LogP contribution >= 0.6 is 22.6 Å². The van der Waals surface area contributed by atoms with E-state index in [0.717, 1.165) is 21.2 Å². The van der Waals surface area contributed by atoms with Gasteiger partial charge < -0.3 is 14.8 Å². The third kappa shape index (κ3) is 5.37. The summed E-state index contributed by atoms with van der Waals surface area (Å²) in [6.45, 7) is 2.28. The Morgan fingerprint density at radius 1 is 1.05 bits per heavy atom. The van der Waals surface area contributed by atoms with Gasteiger partial charge in [0.1, 0.15) is 12.4 Å². The van der Waals surface area contributed by atoms with E-state index in [0.29, 0.717) is 28.9 Å². The topological polar surface area (TPSA) is 42.8 Å². The molecule has 0 fully saturated rings. The second-order valence-corrected chi connectivity index (χ2v) is 11.5. The molecule has 202 valence electrons. The highest BCUT2D eigenvalue weighted by Gasteiger charge is 2.37. The molecule has 4 aromatic rings. The highest BCUT2D eigenvalue weighted by Crippen LogP contribution is 2.50.